The second-order valence-electron chi connectivity index (χ2n) is 5.04. The molecule has 1 aliphatic rings. The fourth-order valence-electron chi connectivity index (χ4n) is 2.36. The normalized spacial score (nSPS) is 18.4. The van der Waals surface area contributed by atoms with Gasteiger partial charge in [0.25, 0.3) is 5.91 Å². The molecule has 3 aromatic rings. The predicted octanol–water partition coefficient (Wildman–Crippen LogP) is 3.73. The Morgan fingerprint density at radius 3 is 2.92 bits per heavy atom. The lowest BCUT2D eigenvalue weighted by molar-refractivity contribution is -0.113. The first kappa shape index (κ1) is 14.6. The van der Waals surface area contributed by atoms with Gasteiger partial charge in [0.1, 0.15) is 5.82 Å². The van der Waals surface area contributed by atoms with Crippen LogP contribution < -0.4 is 4.90 Å². The molecule has 124 valence electrons. The van der Waals surface area contributed by atoms with Crippen molar-refractivity contribution in [3.05, 3.63) is 58.3 Å². The summed E-state index contributed by atoms with van der Waals surface area (Å²) < 4.78 is 20.5. The number of H-pyrrole nitrogens is 1. The number of amides is 1. The number of nitrogens with one attached hydrogen (secondary N) is 2. The van der Waals surface area contributed by atoms with Crippen LogP contribution in [0.3, 0.4) is 0 Å². The summed E-state index contributed by atoms with van der Waals surface area (Å²) in [5.74, 6) is -0.636. The van der Waals surface area contributed by atoms with Gasteiger partial charge in [0.2, 0.25) is 0 Å². The third-order valence-electron chi connectivity index (χ3n) is 3.49. The van der Waals surface area contributed by atoms with Gasteiger partial charge in [-0.1, -0.05) is 0 Å². The van der Waals surface area contributed by atoms with Gasteiger partial charge >= 0.3 is 0 Å². The average molecular weight is 371 g/mol. The predicted molar refractivity (Wildman–Crippen MR) is 96.9 cm³/mol. The Hall–Kier alpha value is -2.78. The first-order valence-corrected chi connectivity index (χ1v) is 8.82. The van der Waals surface area contributed by atoms with Crippen LogP contribution in [0.15, 0.2) is 46.9 Å². The van der Waals surface area contributed by atoms with Crippen LogP contribution in [0, 0.1) is 11.2 Å². The number of thioether (sulfide) groups is 1. The molecule has 0 atom stereocenters. The number of benzene rings is 1. The molecule has 0 aliphatic carbocycles. The molecule has 0 radical (unpaired) electrons. The van der Waals surface area contributed by atoms with Crippen molar-refractivity contribution in [3.63, 3.8) is 0 Å². The molecule has 2 N–H and O–H groups in total. The maximum absolute atomic E-state index is 13.1. The molecular formula is C16H10FN5OS2. The molecule has 1 amide bonds. The van der Waals surface area contributed by atoms with Gasteiger partial charge in [0.15, 0.2) is 11.7 Å². The van der Waals surface area contributed by atoms with Crippen molar-refractivity contribution in [1.82, 2.24) is 15.2 Å². The second-order valence-corrected chi connectivity index (χ2v) is 6.93. The smallest absolute Gasteiger partial charge is 0.273 e. The summed E-state index contributed by atoms with van der Waals surface area (Å²) in [4.78, 5) is 18.6. The Kier molecular flexibility index (Phi) is 3.65. The number of nitrogens with zero attached hydrogens (tertiary/aromatic N) is 3. The van der Waals surface area contributed by atoms with Crippen LogP contribution in [0.4, 0.5) is 9.52 Å². The van der Waals surface area contributed by atoms with Crippen molar-refractivity contribution in [2.24, 2.45) is 0 Å². The van der Waals surface area contributed by atoms with Gasteiger partial charge < -0.3 is 0 Å². The van der Waals surface area contributed by atoms with Crippen LogP contribution >= 0.6 is 23.1 Å². The first-order chi connectivity index (χ1) is 12.7. The van der Waals surface area contributed by atoms with E-state index < -0.39 is 0 Å². The Balaban J connectivity index is 1.71. The fraction of sp³-hybridized carbons (Fsp3) is 0. The summed E-state index contributed by atoms with van der Waals surface area (Å²) in [6, 6.07) is 5.95. The van der Waals surface area contributed by atoms with Gasteiger partial charge in [-0.25, -0.2) is 14.3 Å². The minimum absolute atomic E-state index is 0.239. The summed E-state index contributed by atoms with van der Waals surface area (Å²) in [5.41, 5.74) is 2.00. The molecule has 1 aliphatic heterocycles. The molecule has 2 aromatic heterocycles. The van der Waals surface area contributed by atoms with E-state index in [0.29, 0.717) is 21.3 Å². The van der Waals surface area contributed by atoms with E-state index in [0.717, 1.165) is 17.3 Å². The molecule has 6 nitrogen and oxygen atoms in total. The van der Waals surface area contributed by atoms with Gasteiger partial charge in [-0.3, -0.25) is 15.3 Å². The lowest BCUT2D eigenvalue weighted by Gasteiger charge is -2.08. The summed E-state index contributed by atoms with van der Waals surface area (Å²) in [7, 11) is 0. The molecule has 0 unspecified atom stereocenters. The fourth-order valence-corrected chi connectivity index (χ4v) is 3.88. The van der Waals surface area contributed by atoms with Crippen molar-refractivity contribution >= 4 is 45.4 Å². The number of hydrogen-bond acceptors (Lipinski definition) is 6. The molecule has 3 heterocycles. The zero-order valence-electron chi connectivity index (χ0n) is 13.5. The molecule has 0 bridgehead atoms. The SMILES string of the molecule is [H]/N=C1\SC(=Cc2c[nH]nc2-c2ccc(F)cc2)C(=O)N1c1nccs1. The summed E-state index contributed by atoms with van der Waals surface area (Å²) in [5, 5.41) is 12.8. The van der Waals surface area contributed by atoms with Crippen LogP contribution in [0.1, 0.15) is 5.56 Å². The van der Waals surface area contributed by atoms with E-state index in [-0.39, 0.29) is 16.9 Å². The van der Waals surface area contributed by atoms with E-state index in [4.69, 9.17) is 1.41 Å². The Labute approximate surface area is 151 Å². The minimum Gasteiger partial charge on any atom is -0.284 e. The third-order valence-corrected chi connectivity index (χ3v) is 5.13. The number of aromatic amines is 1. The zero-order chi connectivity index (χ0) is 18.1. The van der Waals surface area contributed by atoms with Gasteiger partial charge in [-0.15, -0.1) is 11.3 Å². The molecule has 1 fully saturated rings. The highest BCUT2D eigenvalue weighted by atomic mass is 32.2. The highest BCUT2D eigenvalue weighted by molar-refractivity contribution is 8.19. The van der Waals surface area contributed by atoms with Crippen LogP contribution in [0.2, 0.25) is 1.41 Å². The Morgan fingerprint density at radius 2 is 2.20 bits per heavy atom. The molecule has 0 spiro atoms. The molecule has 4 rings (SSSR count). The number of carbonyl (C=O) groups excluding carboxylic acids is 1. The van der Waals surface area contributed by atoms with E-state index in [1.54, 1.807) is 36.0 Å². The van der Waals surface area contributed by atoms with Crippen molar-refractivity contribution in [1.29, 1.82) is 5.40 Å². The van der Waals surface area contributed by atoms with Crippen LogP contribution in [-0.2, 0) is 4.79 Å². The highest BCUT2D eigenvalue weighted by Gasteiger charge is 2.35. The highest BCUT2D eigenvalue weighted by Crippen LogP contribution is 2.36. The standard InChI is InChI=1S/C16H10FN5OS2/c17-11-3-1-9(2-4-11)13-10(8-20-21-13)7-12-14(23)22(15(18)25-12)16-19-5-6-24-16/h1-8,18H,(H,20,21)/b12-7?,18-15-. The lowest BCUT2D eigenvalue weighted by Crippen LogP contribution is -2.27. The average Bonchev–Trinajstić information content (AvgIpc) is 3.37. The lowest BCUT2D eigenvalue weighted by atomic mass is 10.1. The van der Waals surface area contributed by atoms with Gasteiger partial charge in [-0.2, -0.15) is 5.10 Å². The quantitative estimate of drug-likeness (QED) is 0.687. The third kappa shape index (κ3) is 2.87. The molecule has 0 saturated carbocycles. The maximum Gasteiger partial charge on any atom is 0.273 e. The molecular weight excluding hydrogens is 361 g/mol. The van der Waals surface area contributed by atoms with Crippen LogP contribution in [-0.4, -0.2) is 26.3 Å². The number of rotatable bonds is 3. The van der Waals surface area contributed by atoms with Crippen molar-refractivity contribution in [2.75, 3.05) is 4.90 Å². The van der Waals surface area contributed by atoms with Crippen LogP contribution in [0.25, 0.3) is 17.3 Å². The molecule has 25 heavy (non-hydrogen) atoms. The first-order valence-electron chi connectivity index (χ1n) is 7.57. The Morgan fingerprint density at radius 1 is 1.36 bits per heavy atom. The molecule has 1 aromatic carbocycles. The number of hydrogen-bond donors (Lipinski definition) is 2. The number of carbonyl (C=O) groups is 1. The number of thiazole rings is 1. The van der Waals surface area contributed by atoms with E-state index >= 15 is 0 Å². The topological polar surface area (TPSA) is 85.7 Å². The van der Waals surface area contributed by atoms with Gasteiger partial charge in [0.05, 0.1) is 10.6 Å². The largest absolute Gasteiger partial charge is 0.284 e. The number of amidine groups is 1. The summed E-state index contributed by atoms with van der Waals surface area (Å²) in [6.45, 7) is 0. The number of anilines is 1. The summed E-state index contributed by atoms with van der Waals surface area (Å²) in [6.07, 6.45) is 4.92. The van der Waals surface area contributed by atoms with E-state index in [9.17, 15) is 9.18 Å². The van der Waals surface area contributed by atoms with Crippen LogP contribution in [0.5, 0.6) is 0 Å². The maximum atomic E-state index is 13.1. The Bertz CT molecular complexity index is 1010. The van der Waals surface area contributed by atoms with Crippen molar-refractivity contribution < 1.29 is 10.6 Å². The number of aromatic nitrogens is 3. The van der Waals surface area contributed by atoms with E-state index in [2.05, 4.69) is 20.6 Å². The monoisotopic (exact) mass is 371 g/mol. The van der Waals surface area contributed by atoms with E-state index in [1.807, 2.05) is 0 Å². The van der Waals surface area contributed by atoms with E-state index in [1.165, 1.54) is 28.4 Å². The van der Waals surface area contributed by atoms with Gasteiger partial charge in [0, 0.05) is 28.9 Å². The van der Waals surface area contributed by atoms with Gasteiger partial charge in [-0.05, 0) is 42.1 Å². The number of halogens is 1. The van der Waals surface area contributed by atoms with Crippen molar-refractivity contribution in [2.45, 2.75) is 0 Å². The molecule has 9 heteroatoms. The second kappa shape index (κ2) is 6.26. The summed E-state index contributed by atoms with van der Waals surface area (Å²) >= 11 is 2.38. The zero-order valence-corrected chi connectivity index (χ0v) is 14.1. The van der Waals surface area contributed by atoms with Crippen molar-refractivity contribution in [3.8, 4) is 11.3 Å². The molecule has 1 saturated heterocycles. The minimum atomic E-state index is -0.332.